The van der Waals surface area contributed by atoms with E-state index in [0.717, 1.165) is 5.56 Å². The molecule has 1 aromatic rings. The molecule has 1 aliphatic heterocycles. The lowest BCUT2D eigenvalue weighted by atomic mass is 9.93. The first-order chi connectivity index (χ1) is 16.5. The van der Waals surface area contributed by atoms with Gasteiger partial charge in [-0.2, -0.15) is 0 Å². The van der Waals surface area contributed by atoms with Crippen molar-refractivity contribution in [3.63, 3.8) is 0 Å². The molecule has 1 aliphatic rings. The number of ether oxygens (including phenoxy) is 3. The lowest BCUT2D eigenvalue weighted by molar-refractivity contribution is -0.145. The Bertz CT molecular complexity index is 870. The summed E-state index contributed by atoms with van der Waals surface area (Å²) >= 11 is 0. The number of nitrogens with zero attached hydrogens (tertiary/aromatic N) is 1. The van der Waals surface area contributed by atoms with E-state index in [9.17, 15) is 19.2 Å². The van der Waals surface area contributed by atoms with E-state index in [0.29, 0.717) is 19.4 Å². The molecule has 35 heavy (non-hydrogen) atoms. The van der Waals surface area contributed by atoms with Crippen LogP contribution in [-0.4, -0.2) is 73.0 Å². The lowest BCUT2D eigenvalue weighted by Gasteiger charge is -2.41. The highest BCUT2D eigenvalue weighted by Crippen LogP contribution is 2.22. The molecule has 10 heteroatoms. The van der Waals surface area contributed by atoms with E-state index < -0.39 is 47.8 Å². The van der Waals surface area contributed by atoms with Crippen molar-refractivity contribution in [1.29, 1.82) is 0 Å². The summed E-state index contributed by atoms with van der Waals surface area (Å²) in [5, 5.41) is 5.55. The van der Waals surface area contributed by atoms with Gasteiger partial charge in [-0.15, -0.1) is 0 Å². The number of piperidine rings is 1. The molecule has 1 heterocycles. The van der Waals surface area contributed by atoms with Crippen LogP contribution >= 0.6 is 0 Å². The minimum absolute atomic E-state index is 0.108. The first-order valence-corrected chi connectivity index (χ1v) is 11.9. The molecule has 0 radical (unpaired) electrons. The van der Waals surface area contributed by atoms with Crippen molar-refractivity contribution in [1.82, 2.24) is 15.5 Å². The molecule has 1 aromatic carbocycles. The number of rotatable bonds is 8. The van der Waals surface area contributed by atoms with Gasteiger partial charge in [0.2, 0.25) is 0 Å². The molecule has 3 atom stereocenters. The summed E-state index contributed by atoms with van der Waals surface area (Å²) in [4.78, 5) is 52.0. The van der Waals surface area contributed by atoms with Gasteiger partial charge in [-0.25, -0.2) is 14.4 Å². The zero-order valence-corrected chi connectivity index (χ0v) is 21.2. The predicted molar refractivity (Wildman–Crippen MR) is 129 cm³/mol. The van der Waals surface area contributed by atoms with Crippen molar-refractivity contribution < 1.29 is 33.4 Å². The van der Waals surface area contributed by atoms with Gasteiger partial charge in [-0.05, 0) is 46.1 Å². The molecular formula is C25H37N3O7. The Morgan fingerprint density at radius 1 is 1.14 bits per heavy atom. The first-order valence-electron chi connectivity index (χ1n) is 11.9. The largest absolute Gasteiger partial charge is 0.467 e. The Labute approximate surface area is 206 Å². The summed E-state index contributed by atoms with van der Waals surface area (Å²) in [5.74, 6) is -1.06. The van der Waals surface area contributed by atoms with Gasteiger partial charge in [0.1, 0.15) is 11.6 Å². The summed E-state index contributed by atoms with van der Waals surface area (Å²) < 4.78 is 15.4. The van der Waals surface area contributed by atoms with Crippen LogP contribution < -0.4 is 10.6 Å². The molecule has 194 valence electrons. The maximum absolute atomic E-state index is 13.3. The van der Waals surface area contributed by atoms with E-state index in [1.165, 1.54) is 12.0 Å². The van der Waals surface area contributed by atoms with Gasteiger partial charge >= 0.3 is 24.1 Å². The Morgan fingerprint density at radius 2 is 1.83 bits per heavy atom. The fourth-order valence-electron chi connectivity index (χ4n) is 4.00. The highest BCUT2D eigenvalue weighted by molar-refractivity contribution is 5.84. The Hall–Kier alpha value is -3.30. The smallest absolute Gasteiger partial charge is 0.407 e. The monoisotopic (exact) mass is 491 g/mol. The predicted octanol–water partition coefficient (Wildman–Crippen LogP) is 2.79. The van der Waals surface area contributed by atoms with Gasteiger partial charge in [-0.3, -0.25) is 4.79 Å². The van der Waals surface area contributed by atoms with Crippen molar-refractivity contribution in [2.45, 2.75) is 77.1 Å². The van der Waals surface area contributed by atoms with Crippen LogP contribution in [0, 0.1) is 0 Å². The summed E-state index contributed by atoms with van der Waals surface area (Å²) in [7, 11) is 1.26. The standard InChI is InChI=1S/C25H37N3O7/c1-6-34-21(29)16-20-18(27-24(32)35-25(2,3)4)13-10-14-28(20)23(31)26-19(22(30)33-5)15-17-11-8-7-9-12-17/h7-9,11-12,18-20H,6,10,13-16H2,1-5H3,(H,26,31)(H,27,32)/t18?,19-,20?/m0/s1. The van der Waals surface area contributed by atoms with Crippen LogP contribution in [0.4, 0.5) is 9.59 Å². The molecule has 0 aliphatic carbocycles. The third-order valence-corrected chi connectivity index (χ3v) is 5.49. The number of carbonyl (C=O) groups excluding carboxylic acids is 4. The summed E-state index contributed by atoms with van der Waals surface area (Å²) in [6.45, 7) is 7.50. The molecule has 0 saturated carbocycles. The van der Waals surface area contributed by atoms with Crippen LogP contribution in [0.5, 0.6) is 0 Å². The van der Waals surface area contributed by atoms with Crippen LogP contribution in [0.2, 0.25) is 0 Å². The molecule has 0 aromatic heterocycles. The minimum Gasteiger partial charge on any atom is -0.467 e. The highest BCUT2D eigenvalue weighted by atomic mass is 16.6. The number of methoxy groups -OCH3 is 1. The average Bonchev–Trinajstić information content (AvgIpc) is 2.78. The van der Waals surface area contributed by atoms with E-state index in [1.54, 1.807) is 27.7 Å². The SMILES string of the molecule is CCOC(=O)CC1C(NC(=O)OC(C)(C)C)CCCN1C(=O)N[C@@H](Cc1ccccc1)C(=O)OC. The Balaban J connectivity index is 2.21. The second-order valence-electron chi connectivity index (χ2n) is 9.38. The average molecular weight is 492 g/mol. The van der Waals surface area contributed by atoms with E-state index in [4.69, 9.17) is 14.2 Å². The van der Waals surface area contributed by atoms with Crippen LogP contribution in [0.15, 0.2) is 30.3 Å². The molecule has 0 spiro atoms. The number of likely N-dealkylation sites (tertiary alicyclic amines) is 1. The van der Waals surface area contributed by atoms with E-state index in [1.807, 2.05) is 30.3 Å². The number of carbonyl (C=O) groups is 4. The van der Waals surface area contributed by atoms with Crippen molar-refractivity contribution in [3.8, 4) is 0 Å². The van der Waals surface area contributed by atoms with Crippen LogP contribution in [0.3, 0.4) is 0 Å². The van der Waals surface area contributed by atoms with Crippen LogP contribution in [0.25, 0.3) is 0 Å². The van der Waals surface area contributed by atoms with Gasteiger partial charge < -0.3 is 29.7 Å². The Morgan fingerprint density at radius 3 is 2.43 bits per heavy atom. The third-order valence-electron chi connectivity index (χ3n) is 5.49. The molecular weight excluding hydrogens is 454 g/mol. The Kier molecular flexibility index (Phi) is 10.4. The van der Waals surface area contributed by atoms with Gasteiger partial charge in [0, 0.05) is 13.0 Å². The molecule has 2 N–H and O–H groups in total. The molecule has 1 fully saturated rings. The number of amides is 3. The number of hydrogen-bond donors (Lipinski definition) is 2. The second-order valence-corrected chi connectivity index (χ2v) is 9.38. The van der Waals surface area contributed by atoms with Crippen molar-refractivity contribution in [2.75, 3.05) is 20.3 Å². The van der Waals surface area contributed by atoms with Gasteiger partial charge in [0.05, 0.1) is 32.2 Å². The van der Waals surface area contributed by atoms with E-state index in [-0.39, 0.29) is 19.4 Å². The molecule has 2 rings (SSSR count). The number of nitrogens with one attached hydrogen (secondary N) is 2. The van der Waals surface area contributed by atoms with Crippen LogP contribution in [-0.2, 0) is 30.2 Å². The second kappa shape index (κ2) is 13.0. The zero-order chi connectivity index (χ0) is 26.0. The number of benzene rings is 1. The number of urea groups is 1. The maximum atomic E-state index is 13.3. The fraction of sp³-hybridized carbons (Fsp3) is 0.600. The molecule has 1 saturated heterocycles. The first kappa shape index (κ1) is 27.9. The highest BCUT2D eigenvalue weighted by Gasteiger charge is 2.39. The van der Waals surface area contributed by atoms with Gasteiger partial charge in [0.25, 0.3) is 0 Å². The van der Waals surface area contributed by atoms with Crippen molar-refractivity contribution in [2.24, 2.45) is 0 Å². The number of hydrogen-bond acceptors (Lipinski definition) is 7. The van der Waals surface area contributed by atoms with E-state index in [2.05, 4.69) is 10.6 Å². The molecule has 0 bridgehead atoms. The fourth-order valence-corrected chi connectivity index (χ4v) is 4.00. The molecule has 2 unspecified atom stereocenters. The van der Waals surface area contributed by atoms with E-state index >= 15 is 0 Å². The number of alkyl carbamates (subject to hydrolysis) is 1. The topological polar surface area (TPSA) is 123 Å². The summed E-state index contributed by atoms with van der Waals surface area (Å²) in [6, 6.07) is 6.61. The van der Waals surface area contributed by atoms with Gasteiger partial charge in [-0.1, -0.05) is 30.3 Å². The number of esters is 2. The minimum atomic E-state index is -0.919. The van der Waals surface area contributed by atoms with Crippen molar-refractivity contribution >= 4 is 24.1 Å². The molecule has 3 amide bonds. The van der Waals surface area contributed by atoms with Crippen LogP contribution in [0.1, 0.15) is 52.5 Å². The summed E-state index contributed by atoms with van der Waals surface area (Å²) in [6.07, 6.45) is 0.653. The maximum Gasteiger partial charge on any atom is 0.407 e. The van der Waals surface area contributed by atoms with Gasteiger partial charge in [0.15, 0.2) is 0 Å². The quantitative estimate of drug-likeness (QED) is 0.423. The van der Waals surface area contributed by atoms with Crippen molar-refractivity contribution in [3.05, 3.63) is 35.9 Å². The lowest BCUT2D eigenvalue weighted by Crippen LogP contribution is -2.61. The third kappa shape index (κ3) is 9.11. The normalized spacial score (nSPS) is 18.7. The zero-order valence-electron chi connectivity index (χ0n) is 21.2. The molecule has 10 nitrogen and oxygen atoms in total. The summed E-state index contributed by atoms with van der Waals surface area (Å²) in [5.41, 5.74) is 0.159.